The Hall–Kier alpha value is -1.99. The third kappa shape index (κ3) is 2.38. The first-order chi connectivity index (χ1) is 10.1. The van der Waals surface area contributed by atoms with Gasteiger partial charge in [0.05, 0.1) is 5.39 Å². The van der Waals surface area contributed by atoms with E-state index in [0.717, 1.165) is 16.1 Å². The molecule has 0 saturated carbocycles. The van der Waals surface area contributed by atoms with Gasteiger partial charge in [0.2, 0.25) is 4.77 Å². The third-order valence-electron chi connectivity index (χ3n) is 3.07. The van der Waals surface area contributed by atoms with Crippen molar-refractivity contribution in [3.8, 4) is 5.69 Å². The molecule has 1 aromatic carbocycles. The molecule has 2 heterocycles. The van der Waals surface area contributed by atoms with Crippen LogP contribution in [0.3, 0.4) is 0 Å². The number of hydrogen-bond donors (Lipinski definition) is 1. The molecular formula is C14H13N5S2. The molecule has 0 bridgehead atoms. The quantitative estimate of drug-likeness (QED) is 0.445. The van der Waals surface area contributed by atoms with Gasteiger partial charge in [-0.25, -0.2) is 9.97 Å². The van der Waals surface area contributed by atoms with Crippen LogP contribution in [0.5, 0.6) is 0 Å². The number of rotatable bonds is 2. The van der Waals surface area contributed by atoms with Crippen molar-refractivity contribution in [3.63, 3.8) is 0 Å². The van der Waals surface area contributed by atoms with Crippen LogP contribution in [0.25, 0.3) is 16.7 Å². The molecule has 0 amide bonds. The number of aromatic nitrogens is 4. The molecule has 0 unspecified atom stereocenters. The summed E-state index contributed by atoms with van der Waals surface area (Å²) in [5, 5.41) is 1.55. The van der Waals surface area contributed by atoms with E-state index in [1.807, 2.05) is 43.5 Å². The van der Waals surface area contributed by atoms with Crippen LogP contribution in [0.2, 0.25) is 0 Å². The Morgan fingerprint density at radius 2 is 1.86 bits per heavy atom. The Morgan fingerprint density at radius 3 is 2.52 bits per heavy atom. The highest BCUT2D eigenvalue weighted by Gasteiger charge is 2.14. The fraction of sp³-hybridized carbons (Fsp3) is 0.143. The van der Waals surface area contributed by atoms with Gasteiger partial charge in [0.15, 0.2) is 5.65 Å². The monoisotopic (exact) mass is 315 g/mol. The van der Waals surface area contributed by atoms with E-state index in [9.17, 15) is 0 Å². The highest BCUT2D eigenvalue weighted by atomic mass is 32.2. The summed E-state index contributed by atoms with van der Waals surface area (Å²) in [7, 11) is 0. The van der Waals surface area contributed by atoms with Crippen molar-refractivity contribution >= 4 is 40.8 Å². The van der Waals surface area contributed by atoms with Crippen molar-refractivity contribution in [2.24, 2.45) is 0 Å². The fourth-order valence-corrected chi connectivity index (χ4v) is 3.08. The molecule has 0 saturated heterocycles. The Morgan fingerprint density at radius 1 is 1.14 bits per heavy atom. The van der Waals surface area contributed by atoms with Gasteiger partial charge in [0.1, 0.15) is 16.7 Å². The van der Waals surface area contributed by atoms with Gasteiger partial charge < -0.3 is 5.73 Å². The van der Waals surface area contributed by atoms with Crippen LogP contribution in [0, 0.1) is 11.7 Å². The second kappa shape index (κ2) is 5.42. The molecule has 0 atom stereocenters. The zero-order valence-electron chi connectivity index (χ0n) is 11.6. The van der Waals surface area contributed by atoms with Crippen LogP contribution in [0.1, 0.15) is 5.82 Å². The lowest BCUT2D eigenvalue weighted by atomic mass is 10.3. The van der Waals surface area contributed by atoms with Crippen molar-refractivity contribution < 1.29 is 0 Å². The number of benzene rings is 1. The van der Waals surface area contributed by atoms with E-state index in [4.69, 9.17) is 18.0 Å². The first-order valence-corrected chi connectivity index (χ1v) is 7.91. The molecule has 3 aromatic rings. The predicted octanol–water partition coefficient (Wildman–Crippen LogP) is 3.16. The molecule has 21 heavy (non-hydrogen) atoms. The van der Waals surface area contributed by atoms with Gasteiger partial charge in [-0.05, 0) is 37.5 Å². The topological polar surface area (TPSA) is 69.6 Å². The number of nitrogens with zero attached hydrogens (tertiary/aromatic N) is 4. The second-order valence-electron chi connectivity index (χ2n) is 4.43. The molecule has 0 aliphatic carbocycles. The van der Waals surface area contributed by atoms with Gasteiger partial charge in [-0.2, -0.15) is 4.98 Å². The van der Waals surface area contributed by atoms with E-state index in [1.54, 1.807) is 4.57 Å². The maximum absolute atomic E-state index is 6.34. The van der Waals surface area contributed by atoms with E-state index in [2.05, 4.69) is 15.0 Å². The summed E-state index contributed by atoms with van der Waals surface area (Å²) in [5.74, 6) is 1.17. The molecular weight excluding hydrogens is 302 g/mol. The minimum absolute atomic E-state index is 0.386. The number of hydrogen-bond acceptors (Lipinski definition) is 6. The van der Waals surface area contributed by atoms with Crippen LogP contribution >= 0.6 is 24.0 Å². The van der Waals surface area contributed by atoms with Crippen molar-refractivity contribution in [2.45, 2.75) is 11.9 Å². The molecule has 106 valence electrons. The summed E-state index contributed by atoms with van der Waals surface area (Å²) < 4.78 is 2.13. The highest BCUT2D eigenvalue weighted by Crippen LogP contribution is 2.29. The number of thioether (sulfide) groups is 1. The molecule has 0 aliphatic rings. The number of nitrogens with two attached hydrogens (primary N) is 1. The lowest BCUT2D eigenvalue weighted by Gasteiger charge is -2.14. The maximum Gasteiger partial charge on any atom is 0.207 e. The third-order valence-corrected chi connectivity index (χ3v) is 4.02. The van der Waals surface area contributed by atoms with E-state index < -0.39 is 0 Å². The Bertz CT molecular complexity index is 874. The van der Waals surface area contributed by atoms with Gasteiger partial charge in [-0.15, -0.1) is 11.8 Å². The molecule has 0 spiro atoms. The number of para-hydroxylation sites is 1. The minimum atomic E-state index is 0.386. The van der Waals surface area contributed by atoms with Crippen LogP contribution in [0.4, 0.5) is 5.82 Å². The van der Waals surface area contributed by atoms with Crippen molar-refractivity contribution in [3.05, 3.63) is 40.9 Å². The van der Waals surface area contributed by atoms with Gasteiger partial charge >= 0.3 is 0 Å². The molecule has 0 radical (unpaired) electrons. The zero-order chi connectivity index (χ0) is 15.0. The SMILES string of the molecule is CSc1nc(C)nc2nc(=S)n(-c3ccccc3)c(N)c12. The lowest BCUT2D eigenvalue weighted by Crippen LogP contribution is -2.09. The largest absolute Gasteiger partial charge is 0.384 e. The minimum Gasteiger partial charge on any atom is -0.384 e. The molecule has 2 aromatic heterocycles. The van der Waals surface area contributed by atoms with Crippen LogP contribution in [0.15, 0.2) is 35.4 Å². The average molecular weight is 315 g/mol. The van der Waals surface area contributed by atoms with Crippen molar-refractivity contribution in [2.75, 3.05) is 12.0 Å². The predicted molar refractivity (Wildman–Crippen MR) is 88.4 cm³/mol. The zero-order valence-corrected chi connectivity index (χ0v) is 13.2. The van der Waals surface area contributed by atoms with E-state index in [-0.39, 0.29) is 0 Å². The Kier molecular flexibility index (Phi) is 3.60. The Balaban J connectivity index is 2.44. The summed E-state index contributed by atoms with van der Waals surface area (Å²) in [5.41, 5.74) is 7.76. The van der Waals surface area contributed by atoms with Crippen molar-refractivity contribution in [1.82, 2.24) is 19.5 Å². The number of aryl methyl sites for hydroxylation is 1. The van der Waals surface area contributed by atoms with Gasteiger partial charge in [-0.3, -0.25) is 4.57 Å². The summed E-state index contributed by atoms with van der Waals surface area (Å²) >= 11 is 6.89. The molecule has 0 aliphatic heterocycles. The summed E-state index contributed by atoms with van der Waals surface area (Å²) in [4.78, 5) is 13.2. The van der Waals surface area contributed by atoms with Crippen LogP contribution in [-0.4, -0.2) is 25.8 Å². The lowest BCUT2D eigenvalue weighted by molar-refractivity contribution is 0.944. The van der Waals surface area contributed by atoms with Crippen molar-refractivity contribution in [1.29, 1.82) is 0 Å². The van der Waals surface area contributed by atoms with Gasteiger partial charge in [0, 0.05) is 5.69 Å². The molecule has 7 heteroatoms. The normalized spacial score (nSPS) is 11.0. The first-order valence-electron chi connectivity index (χ1n) is 6.28. The fourth-order valence-electron chi connectivity index (χ4n) is 2.17. The Labute approximate surface area is 131 Å². The number of nitrogen functional groups attached to an aromatic ring is 1. The molecule has 0 fully saturated rings. The summed E-state index contributed by atoms with van der Waals surface area (Å²) in [6, 6.07) is 9.68. The average Bonchev–Trinajstić information content (AvgIpc) is 2.47. The first kappa shape index (κ1) is 14.0. The van der Waals surface area contributed by atoms with E-state index in [0.29, 0.717) is 22.1 Å². The summed E-state index contributed by atoms with van der Waals surface area (Å²) in [6.45, 7) is 1.83. The summed E-state index contributed by atoms with van der Waals surface area (Å²) in [6.07, 6.45) is 1.95. The van der Waals surface area contributed by atoms with Crippen LogP contribution in [-0.2, 0) is 0 Å². The van der Waals surface area contributed by atoms with Gasteiger partial charge in [-0.1, -0.05) is 18.2 Å². The van der Waals surface area contributed by atoms with Gasteiger partial charge in [0.25, 0.3) is 0 Å². The molecule has 3 rings (SSSR count). The van der Waals surface area contributed by atoms with Crippen LogP contribution < -0.4 is 5.73 Å². The number of anilines is 1. The standard InChI is InChI=1S/C14H13N5S2/c1-8-16-12-10(13(17-8)21-2)11(15)19(14(20)18-12)9-6-4-3-5-7-9/h3-7H,15H2,1-2H3. The molecule has 5 nitrogen and oxygen atoms in total. The second-order valence-corrected chi connectivity index (χ2v) is 5.59. The van der Waals surface area contributed by atoms with E-state index >= 15 is 0 Å². The number of fused-ring (bicyclic) bond motifs is 1. The highest BCUT2D eigenvalue weighted by molar-refractivity contribution is 7.98. The smallest absolute Gasteiger partial charge is 0.207 e. The van der Waals surface area contributed by atoms with E-state index in [1.165, 1.54) is 11.8 Å². The molecule has 2 N–H and O–H groups in total. The maximum atomic E-state index is 6.34.